The first-order valence-electron chi connectivity index (χ1n) is 5.11. The van der Waals surface area contributed by atoms with E-state index in [0.29, 0.717) is 0 Å². The predicted molar refractivity (Wildman–Crippen MR) is 63.1 cm³/mol. The third-order valence-electron chi connectivity index (χ3n) is 2.39. The Bertz CT molecular complexity index is 632. The summed E-state index contributed by atoms with van der Waals surface area (Å²) in [5, 5.41) is 7.21. The molecule has 0 aliphatic carbocycles. The van der Waals surface area contributed by atoms with Gasteiger partial charge in [-0.25, -0.2) is 8.42 Å². The van der Waals surface area contributed by atoms with E-state index in [0.717, 1.165) is 11.1 Å². The molecule has 0 saturated heterocycles. The fraction of sp³-hybridized carbons (Fsp3) is 0.273. The van der Waals surface area contributed by atoms with Crippen molar-refractivity contribution in [1.29, 1.82) is 0 Å². The molecule has 0 aliphatic heterocycles. The molecule has 5 nitrogen and oxygen atoms in total. The van der Waals surface area contributed by atoms with Crippen LogP contribution in [0.4, 0.5) is 0 Å². The summed E-state index contributed by atoms with van der Waals surface area (Å²) in [5.41, 5.74) is 1.80. The van der Waals surface area contributed by atoms with Crippen LogP contribution in [0.15, 0.2) is 35.7 Å². The van der Waals surface area contributed by atoms with Gasteiger partial charge in [-0.05, 0) is 12.5 Å². The van der Waals surface area contributed by atoms with E-state index in [1.807, 2.05) is 25.1 Å². The van der Waals surface area contributed by atoms with Crippen LogP contribution < -0.4 is 0 Å². The van der Waals surface area contributed by atoms with Crippen LogP contribution in [0.1, 0.15) is 11.1 Å². The van der Waals surface area contributed by atoms with Gasteiger partial charge in [-0.15, -0.1) is 10.2 Å². The van der Waals surface area contributed by atoms with Crippen LogP contribution in [0, 0.1) is 6.92 Å². The molecule has 0 aliphatic rings. The van der Waals surface area contributed by atoms with Crippen molar-refractivity contribution < 1.29 is 8.42 Å². The number of hydrogen-bond donors (Lipinski definition) is 0. The van der Waals surface area contributed by atoms with Gasteiger partial charge in [0.05, 0.1) is 5.75 Å². The van der Waals surface area contributed by atoms with E-state index in [-0.39, 0.29) is 10.9 Å². The Labute approximate surface area is 100 Å². The number of rotatable bonds is 3. The summed E-state index contributed by atoms with van der Waals surface area (Å²) in [5.74, 6) is -0.0544. The molecule has 0 N–H and O–H groups in total. The van der Waals surface area contributed by atoms with Crippen LogP contribution in [0.2, 0.25) is 0 Å². The van der Waals surface area contributed by atoms with E-state index >= 15 is 0 Å². The maximum absolute atomic E-state index is 12.1. The summed E-state index contributed by atoms with van der Waals surface area (Å²) >= 11 is 0. The standard InChI is InChI=1S/C11H13N3O2S/c1-9-4-3-5-10(6-9)7-17(15,16)11-13-12-8-14(11)2/h3-6,8H,7H2,1-2H3. The lowest BCUT2D eigenvalue weighted by Gasteiger charge is -2.04. The highest BCUT2D eigenvalue weighted by atomic mass is 32.2. The summed E-state index contributed by atoms with van der Waals surface area (Å²) in [7, 11) is -1.81. The molecule has 6 heteroatoms. The number of hydrogen-bond acceptors (Lipinski definition) is 4. The molecule has 2 aromatic rings. The molecule has 17 heavy (non-hydrogen) atoms. The van der Waals surface area contributed by atoms with Crippen molar-refractivity contribution in [3.05, 3.63) is 41.7 Å². The molecule has 2 rings (SSSR count). The topological polar surface area (TPSA) is 64.8 Å². The molecule has 0 saturated carbocycles. The second-order valence-corrected chi connectivity index (χ2v) is 5.86. The summed E-state index contributed by atoms with van der Waals surface area (Å²) in [4.78, 5) is 0. The summed E-state index contributed by atoms with van der Waals surface area (Å²) < 4.78 is 25.6. The Morgan fingerprint density at radius 2 is 2.12 bits per heavy atom. The van der Waals surface area contributed by atoms with Crippen LogP contribution >= 0.6 is 0 Å². The highest BCUT2D eigenvalue weighted by Gasteiger charge is 2.20. The zero-order valence-corrected chi connectivity index (χ0v) is 10.5. The first-order valence-corrected chi connectivity index (χ1v) is 6.76. The van der Waals surface area contributed by atoms with E-state index in [9.17, 15) is 8.42 Å². The maximum atomic E-state index is 12.1. The molecule has 0 bridgehead atoms. The largest absolute Gasteiger partial charge is 0.308 e. The normalized spacial score (nSPS) is 11.6. The van der Waals surface area contributed by atoms with Gasteiger partial charge in [0.2, 0.25) is 15.0 Å². The molecular formula is C11H13N3O2S. The molecule has 0 amide bonds. The van der Waals surface area contributed by atoms with Gasteiger partial charge in [0.25, 0.3) is 0 Å². The Balaban J connectivity index is 2.33. The average Bonchev–Trinajstić information content (AvgIpc) is 2.64. The van der Waals surface area contributed by atoms with E-state index in [1.165, 1.54) is 10.9 Å². The molecule has 0 spiro atoms. The second-order valence-electron chi connectivity index (χ2n) is 3.97. The Hall–Kier alpha value is -1.69. The SMILES string of the molecule is Cc1cccc(CS(=O)(=O)c2nncn2C)c1. The maximum Gasteiger partial charge on any atom is 0.249 e. The number of benzene rings is 1. The van der Waals surface area contributed by atoms with Gasteiger partial charge in [0.15, 0.2) is 0 Å². The van der Waals surface area contributed by atoms with Crippen molar-refractivity contribution in [3.8, 4) is 0 Å². The van der Waals surface area contributed by atoms with Crippen LogP contribution in [0.25, 0.3) is 0 Å². The summed E-state index contributed by atoms with van der Waals surface area (Å²) in [6.45, 7) is 1.93. The van der Waals surface area contributed by atoms with Gasteiger partial charge in [-0.1, -0.05) is 29.8 Å². The smallest absolute Gasteiger partial charge is 0.249 e. The minimum atomic E-state index is -3.43. The first-order chi connectivity index (χ1) is 7.99. The number of aromatic nitrogens is 3. The van der Waals surface area contributed by atoms with Crippen molar-refractivity contribution in [3.63, 3.8) is 0 Å². The van der Waals surface area contributed by atoms with Crippen molar-refractivity contribution in [2.75, 3.05) is 0 Å². The van der Waals surface area contributed by atoms with Gasteiger partial charge in [0.1, 0.15) is 6.33 Å². The predicted octanol–water partition coefficient (Wildman–Crippen LogP) is 1.10. The lowest BCUT2D eigenvalue weighted by atomic mass is 10.2. The number of nitrogens with zero attached hydrogens (tertiary/aromatic N) is 3. The lowest BCUT2D eigenvalue weighted by Crippen LogP contribution is -2.10. The number of aryl methyl sites for hydroxylation is 2. The first kappa shape index (κ1) is 11.8. The average molecular weight is 251 g/mol. The monoisotopic (exact) mass is 251 g/mol. The molecule has 1 aromatic heterocycles. The Morgan fingerprint density at radius 1 is 1.35 bits per heavy atom. The second kappa shape index (κ2) is 4.29. The van der Waals surface area contributed by atoms with Gasteiger partial charge in [0, 0.05) is 7.05 Å². The molecular weight excluding hydrogens is 238 g/mol. The van der Waals surface area contributed by atoms with Crippen molar-refractivity contribution in [2.45, 2.75) is 17.8 Å². The summed E-state index contributed by atoms with van der Waals surface area (Å²) in [6, 6.07) is 7.42. The highest BCUT2D eigenvalue weighted by molar-refractivity contribution is 7.90. The Morgan fingerprint density at radius 3 is 2.71 bits per heavy atom. The van der Waals surface area contributed by atoms with E-state index < -0.39 is 9.84 Å². The van der Waals surface area contributed by atoms with Gasteiger partial charge in [-0.3, -0.25) is 0 Å². The van der Waals surface area contributed by atoms with Crippen LogP contribution in [0.5, 0.6) is 0 Å². The zero-order valence-electron chi connectivity index (χ0n) is 9.66. The van der Waals surface area contributed by atoms with E-state index in [4.69, 9.17) is 0 Å². The minimum absolute atomic E-state index is 0.000920. The van der Waals surface area contributed by atoms with E-state index in [1.54, 1.807) is 13.1 Å². The van der Waals surface area contributed by atoms with Crippen molar-refractivity contribution in [2.24, 2.45) is 7.05 Å². The molecule has 0 radical (unpaired) electrons. The quantitative estimate of drug-likeness (QED) is 0.819. The van der Waals surface area contributed by atoms with Gasteiger partial charge in [-0.2, -0.15) is 0 Å². The minimum Gasteiger partial charge on any atom is -0.308 e. The van der Waals surface area contributed by atoms with Gasteiger partial charge >= 0.3 is 0 Å². The molecule has 90 valence electrons. The molecule has 1 aromatic carbocycles. The molecule has 0 atom stereocenters. The third kappa shape index (κ3) is 2.52. The van der Waals surface area contributed by atoms with Crippen LogP contribution in [-0.4, -0.2) is 23.2 Å². The highest BCUT2D eigenvalue weighted by Crippen LogP contribution is 2.14. The van der Waals surface area contributed by atoms with Crippen molar-refractivity contribution in [1.82, 2.24) is 14.8 Å². The van der Waals surface area contributed by atoms with Crippen molar-refractivity contribution >= 4 is 9.84 Å². The van der Waals surface area contributed by atoms with Crippen LogP contribution in [-0.2, 0) is 22.6 Å². The zero-order chi connectivity index (χ0) is 12.5. The fourth-order valence-corrected chi connectivity index (χ4v) is 3.05. The molecule has 0 fully saturated rings. The Kier molecular flexibility index (Phi) is 2.97. The lowest BCUT2D eigenvalue weighted by molar-refractivity contribution is 0.577. The third-order valence-corrected chi connectivity index (χ3v) is 4.03. The molecule has 1 heterocycles. The molecule has 0 unspecified atom stereocenters. The van der Waals surface area contributed by atoms with Gasteiger partial charge < -0.3 is 4.57 Å². The van der Waals surface area contributed by atoms with Crippen LogP contribution in [0.3, 0.4) is 0 Å². The summed E-state index contributed by atoms with van der Waals surface area (Å²) in [6.07, 6.45) is 1.38. The van der Waals surface area contributed by atoms with E-state index in [2.05, 4.69) is 10.2 Å². The number of sulfone groups is 1. The fourth-order valence-electron chi connectivity index (χ4n) is 1.64.